The largest absolute Gasteiger partial charge is 0.394 e. The standard InChI is InChI=1S/C16H25N3O2/c1-3-14(11-20)18-15-5-4-13(10-17-15)16(21)19-8-6-12(2)7-9-19/h4-5,10,12,14,20H,3,6-9,11H2,1-2H3,(H,17,18)/t14-/m1/s1. The van der Waals surface area contributed by atoms with Crippen LogP contribution in [0, 0.1) is 5.92 Å². The number of nitrogens with zero attached hydrogens (tertiary/aromatic N) is 2. The van der Waals surface area contributed by atoms with Crippen molar-refractivity contribution in [2.75, 3.05) is 25.0 Å². The maximum atomic E-state index is 12.4. The third-order valence-electron chi connectivity index (χ3n) is 4.15. The fraction of sp³-hybridized carbons (Fsp3) is 0.625. The number of aliphatic hydroxyl groups excluding tert-OH is 1. The topological polar surface area (TPSA) is 65.5 Å². The number of nitrogens with one attached hydrogen (secondary N) is 1. The monoisotopic (exact) mass is 291 g/mol. The molecule has 1 aliphatic heterocycles. The van der Waals surface area contributed by atoms with Crippen molar-refractivity contribution in [2.45, 2.75) is 39.2 Å². The normalized spacial score (nSPS) is 17.6. The predicted octanol–water partition coefficient (Wildman–Crippen LogP) is 2.14. The summed E-state index contributed by atoms with van der Waals surface area (Å²) < 4.78 is 0. The molecule has 0 aromatic carbocycles. The molecule has 1 amide bonds. The molecule has 1 atom stereocenters. The van der Waals surface area contributed by atoms with Gasteiger partial charge in [-0.2, -0.15) is 0 Å². The number of piperidine rings is 1. The van der Waals surface area contributed by atoms with Crippen LogP contribution < -0.4 is 5.32 Å². The van der Waals surface area contributed by atoms with Crippen molar-refractivity contribution in [3.63, 3.8) is 0 Å². The molecular weight excluding hydrogens is 266 g/mol. The molecule has 116 valence electrons. The number of carbonyl (C=O) groups excluding carboxylic acids is 1. The summed E-state index contributed by atoms with van der Waals surface area (Å²) in [5.74, 6) is 1.47. The van der Waals surface area contributed by atoms with Gasteiger partial charge in [-0.25, -0.2) is 4.98 Å². The Morgan fingerprint density at radius 3 is 2.71 bits per heavy atom. The van der Waals surface area contributed by atoms with Gasteiger partial charge in [0.15, 0.2) is 0 Å². The van der Waals surface area contributed by atoms with E-state index in [1.807, 2.05) is 11.8 Å². The first kappa shape index (κ1) is 15.8. The summed E-state index contributed by atoms with van der Waals surface area (Å²) in [7, 11) is 0. The van der Waals surface area contributed by atoms with Crippen molar-refractivity contribution in [3.05, 3.63) is 23.9 Å². The molecule has 0 bridgehead atoms. The molecule has 5 heteroatoms. The molecule has 5 nitrogen and oxygen atoms in total. The average Bonchev–Trinajstić information content (AvgIpc) is 2.53. The molecule has 0 radical (unpaired) electrons. The van der Waals surface area contributed by atoms with Crippen LogP contribution in [0.1, 0.15) is 43.5 Å². The van der Waals surface area contributed by atoms with Crippen molar-refractivity contribution in [1.29, 1.82) is 0 Å². The minimum absolute atomic E-state index is 0.00244. The summed E-state index contributed by atoms with van der Waals surface area (Å²) in [6.45, 7) is 5.98. The Hall–Kier alpha value is -1.62. The third kappa shape index (κ3) is 4.17. The molecule has 2 rings (SSSR count). The zero-order valence-electron chi connectivity index (χ0n) is 12.9. The fourth-order valence-corrected chi connectivity index (χ4v) is 2.49. The highest BCUT2D eigenvalue weighted by molar-refractivity contribution is 5.94. The van der Waals surface area contributed by atoms with E-state index in [0.717, 1.165) is 32.4 Å². The van der Waals surface area contributed by atoms with Gasteiger partial charge in [-0.1, -0.05) is 13.8 Å². The van der Waals surface area contributed by atoms with E-state index < -0.39 is 0 Å². The van der Waals surface area contributed by atoms with Gasteiger partial charge in [0.1, 0.15) is 5.82 Å². The molecule has 1 fully saturated rings. The number of amides is 1. The first-order valence-corrected chi connectivity index (χ1v) is 7.76. The number of pyridine rings is 1. The van der Waals surface area contributed by atoms with Gasteiger partial charge in [0.05, 0.1) is 18.2 Å². The second-order valence-corrected chi connectivity index (χ2v) is 5.84. The summed E-state index contributed by atoms with van der Waals surface area (Å²) in [6.07, 6.45) is 4.60. The maximum Gasteiger partial charge on any atom is 0.255 e. The Bertz CT molecular complexity index is 449. The van der Waals surface area contributed by atoms with Crippen LogP contribution in [0.25, 0.3) is 0 Å². The Morgan fingerprint density at radius 1 is 1.48 bits per heavy atom. The highest BCUT2D eigenvalue weighted by Crippen LogP contribution is 2.18. The average molecular weight is 291 g/mol. The fourth-order valence-electron chi connectivity index (χ4n) is 2.49. The number of anilines is 1. The van der Waals surface area contributed by atoms with E-state index in [1.54, 1.807) is 18.3 Å². The van der Waals surface area contributed by atoms with Crippen LogP contribution in [0.4, 0.5) is 5.82 Å². The molecule has 0 spiro atoms. The van der Waals surface area contributed by atoms with E-state index in [-0.39, 0.29) is 18.6 Å². The van der Waals surface area contributed by atoms with Crippen molar-refractivity contribution in [3.8, 4) is 0 Å². The molecule has 0 unspecified atom stereocenters. The second kappa shape index (κ2) is 7.41. The molecule has 1 aromatic rings. The number of carbonyl (C=O) groups is 1. The first-order chi connectivity index (χ1) is 10.1. The molecule has 1 saturated heterocycles. The Kier molecular flexibility index (Phi) is 5.56. The van der Waals surface area contributed by atoms with Gasteiger partial charge in [0, 0.05) is 19.3 Å². The van der Waals surface area contributed by atoms with Crippen LogP contribution in [-0.4, -0.2) is 46.6 Å². The minimum atomic E-state index is 0.00244. The Balaban J connectivity index is 1.96. The van der Waals surface area contributed by atoms with Gasteiger partial charge >= 0.3 is 0 Å². The predicted molar refractivity (Wildman–Crippen MR) is 83.3 cm³/mol. The van der Waals surface area contributed by atoms with E-state index in [2.05, 4.69) is 17.2 Å². The quantitative estimate of drug-likeness (QED) is 0.872. The Morgan fingerprint density at radius 2 is 2.19 bits per heavy atom. The van der Waals surface area contributed by atoms with Crippen LogP contribution in [-0.2, 0) is 0 Å². The van der Waals surface area contributed by atoms with Crippen molar-refractivity contribution in [1.82, 2.24) is 9.88 Å². The van der Waals surface area contributed by atoms with E-state index in [4.69, 9.17) is 0 Å². The molecule has 1 aromatic heterocycles. The molecule has 1 aliphatic rings. The van der Waals surface area contributed by atoms with E-state index in [9.17, 15) is 9.90 Å². The molecule has 0 aliphatic carbocycles. The van der Waals surface area contributed by atoms with Crippen molar-refractivity contribution < 1.29 is 9.90 Å². The summed E-state index contributed by atoms with van der Waals surface area (Å²) in [5.41, 5.74) is 0.632. The van der Waals surface area contributed by atoms with Crippen LogP contribution in [0.2, 0.25) is 0 Å². The van der Waals surface area contributed by atoms with Gasteiger partial charge in [-0.05, 0) is 37.3 Å². The zero-order valence-corrected chi connectivity index (χ0v) is 12.9. The molecule has 2 heterocycles. The molecule has 0 saturated carbocycles. The van der Waals surface area contributed by atoms with Gasteiger partial charge in [0.25, 0.3) is 5.91 Å². The van der Waals surface area contributed by atoms with Gasteiger partial charge in [-0.15, -0.1) is 0 Å². The number of aromatic nitrogens is 1. The highest BCUT2D eigenvalue weighted by atomic mass is 16.3. The lowest BCUT2D eigenvalue weighted by Gasteiger charge is -2.30. The number of hydrogen-bond donors (Lipinski definition) is 2. The number of rotatable bonds is 5. The van der Waals surface area contributed by atoms with Gasteiger partial charge < -0.3 is 15.3 Å². The summed E-state index contributed by atoms with van der Waals surface area (Å²) in [6, 6.07) is 3.61. The maximum absolute atomic E-state index is 12.4. The lowest BCUT2D eigenvalue weighted by Crippen LogP contribution is -2.37. The van der Waals surface area contributed by atoms with E-state index in [1.165, 1.54) is 0 Å². The third-order valence-corrected chi connectivity index (χ3v) is 4.15. The molecule has 21 heavy (non-hydrogen) atoms. The van der Waals surface area contributed by atoms with Crippen LogP contribution >= 0.6 is 0 Å². The van der Waals surface area contributed by atoms with Crippen molar-refractivity contribution in [2.24, 2.45) is 5.92 Å². The van der Waals surface area contributed by atoms with Gasteiger partial charge in [0.2, 0.25) is 0 Å². The lowest BCUT2D eigenvalue weighted by atomic mass is 9.99. The Labute approximate surface area is 126 Å². The molecule has 2 N–H and O–H groups in total. The lowest BCUT2D eigenvalue weighted by molar-refractivity contribution is 0.0697. The second-order valence-electron chi connectivity index (χ2n) is 5.84. The van der Waals surface area contributed by atoms with Crippen LogP contribution in [0.15, 0.2) is 18.3 Å². The van der Waals surface area contributed by atoms with E-state index >= 15 is 0 Å². The molecular formula is C16H25N3O2. The SMILES string of the molecule is CC[C@H](CO)Nc1ccc(C(=O)N2CCC(C)CC2)cn1. The summed E-state index contributed by atoms with van der Waals surface area (Å²) >= 11 is 0. The minimum Gasteiger partial charge on any atom is -0.394 e. The van der Waals surface area contributed by atoms with Crippen molar-refractivity contribution >= 4 is 11.7 Å². The number of aliphatic hydroxyl groups is 1. The van der Waals surface area contributed by atoms with E-state index in [0.29, 0.717) is 17.3 Å². The highest BCUT2D eigenvalue weighted by Gasteiger charge is 2.21. The van der Waals surface area contributed by atoms with Crippen LogP contribution in [0.5, 0.6) is 0 Å². The zero-order chi connectivity index (χ0) is 15.2. The number of likely N-dealkylation sites (tertiary alicyclic amines) is 1. The van der Waals surface area contributed by atoms with Crippen LogP contribution in [0.3, 0.4) is 0 Å². The smallest absolute Gasteiger partial charge is 0.255 e. The summed E-state index contributed by atoms with van der Waals surface area (Å²) in [5, 5.41) is 12.3. The summed E-state index contributed by atoms with van der Waals surface area (Å²) in [4.78, 5) is 18.6. The van der Waals surface area contributed by atoms with Gasteiger partial charge in [-0.3, -0.25) is 4.79 Å². The first-order valence-electron chi connectivity index (χ1n) is 7.76. The number of hydrogen-bond acceptors (Lipinski definition) is 4.